The molecule has 0 saturated carbocycles. The molecule has 31 heavy (non-hydrogen) atoms. The number of rotatable bonds is 5. The first-order chi connectivity index (χ1) is 14.7. The van der Waals surface area contributed by atoms with E-state index in [4.69, 9.17) is 16.3 Å². The highest BCUT2D eigenvalue weighted by Crippen LogP contribution is 2.36. The third kappa shape index (κ3) is 3.84. The van der Waals surface area contributed by atoms with Crippen molar-refractivity contribution in [2.24, 2.45) is 7.05 Å². The molecule has 11 heteroatoms. The second kappa shape index (κ2) is 7.86. The average molecular weight is 465 g/mol. The van der Waals surface area contributed by atoms with Gasteiger partial charge in [0.05, 0.1) is 16.2 Å². The SMILES string of the molecule is CCS(=O)(=O)c1nc(Oc2ccc(F)cc2F)nc2c1c(-c1ccccc1Cl)nn2C. The largest absolute Gasteiger partial charge is 0.421 e. The molecule has 0 aliphatic carbocycles. The summed E-state index contributed by atoms with van der Waals surface area (Å²) in [5.74, 6) is -2.37. The standard InChI is InChI=1S/C20H15ClF2N4O3S/c1-3-31(28,29)19-16-17(12-6-4-5-7-13(12)21)26-27(2)18(16)24-20(25-19)30-15-9-8-11(22)10-14(15)23/h4-10H,3H2,1-2H3. The van der Waals surface area contributed by atoms with E-state index in [-0.39, 0.29) is 33.3 Å². The van der Waals surface area contributed by atoms with Gasteiger partial charge in [0.2, 0.25) is 0 Å². The van der Waals surface area contributed by atoms with E-state index in [2.05, 4.69) is 15.1 Å². The number of hydrogen-bond donors (Lipinski definition) is 0. The first-order valence-corrected chi connectivity index (χ1v) is 11.1. The molecular weight excluding hydrogens is 450 g/mol. The van der Waals surface area contributed by atoms with Gasteiger partial charge in [-0.25, -0.2) is 21.9 Å². The molecule has 0 radical (unpaired) electrons. The van der Waals surface area contributed by atoms with Crippen LogP contribution in [0.4, 0.5) is 8.78 Å². The van der Waals surface area contributed by atoms with Crippen molar-refractivity contribution in [3.05, 3.63) is 59.1 Å². The van der Waals surface area contributed by atoms with Crippen molar-refractivity contribution in [1.82, 2.24) is 19.7 Å². The molecule has 0 fully saturated rings. The molecule has 0 spiro atoms. The Kier molecular flexibility index (Phi) is 5.36. The van der Waals surface area contributed by atoms with Gasteiger partial charge in [-0.2, -0.15) is 15.1 Å². The molecule has 0 N–H and O–H groups in total. The van der Waals surface area contributed by atoms with Crippen molar-refractivity contribution in [2.45, 2.75) is 11.9 Å². The van der Waals surface area contributed by atoms with E-state index in [1.54, 1.807) is 31.3 Å². The fourth-order valence-electron chi connectivity index (χ4n) is 3.00. The summed E-state index contributed by atoms with van der Waals surface area (Å²) in [5, 5.41) is 4.62. The maximum absolute atomic E-state index is 14.0. The molecule has 0 unspecified atom stereocenters. The fourth-order valence-corrected chi connectivity index (χ4v) is 4.22. The van der Waals surface area contributed by atoms with E-state index < -0.39 is 27.5 Å². The summed E-state index contributed by atoms with van der Waals surface area (Å²) in [5.41, 5.74) is 0.938. The van der Waals surface area contributed by atoms with Crippen LogP contribution in [0.1, 0.15) is 6.92 Å². The third-order valence-corrected chi connectivity index (χ3v) is 6.50. The maximum Gasteiger partial charge on any atom is 0.325 e. The number of nitrogens with zero attached hydrogens (tertiary/aromatic N) is 4. The number of sulfone groups is 1. The van der Waals surface area contributed by atoms with Gasteiger partial charge in [0.25, 0.3) is 0 Å². The highest BCUT2D eigenvalue weighted by molar-refractivity contribution is 7.91. The minimum absolute atomic E-state index is 0.148. The highest BCUT2D eigenvalue weighted by atomic mass is 35.5. The minimum atomic E-state index is -3.87. The predicted octanol–water partition coefficient (Wildman–Crippen LogP) is 4.55. The lowest BCUT2D eigenvalue weighted by Gasteiger charge is -2.09. The zero-order valence-corrected chi connectivity index (χ0v) is 17.9. The smallest absolute Gasteiger partial charge is 0.325 e. The molecule has 0 saturated heterocycles. The number of aromatic nitrogens is 4. The Hall–Kier alpha value is -3.11. The molecule has 4 rings (SSSR count). The van der Waals surface area contributed by atoms with E-state index in [0.717, 1.165) is 12.1 Å². The Morgan fingerprint density at radius 2 is 1.87 bits per heavy atom. The van der Waals surface area contributed by atoms with Gasteiger partial charge in [-0.15, -0.1) is 0 Å². The number of benzene rings is 2. The molecule has 7 nitrogen and oxygen atoms in total. The van der Waals surface area contributed by atoms with Crippen LogP contribution in [0.2, 0.25) is 5.02 Å². The Balaban J connectivity index is 1.99. The van der Waals surface area contributed by atoms with Crippen LogP contribution in [0, 0.1) is 11.6 Å². The van der Waals surface area contributed by atoms with Crippen LogP contribution in [0.3, 0.4) is 0 Å². The van der Waals surface area contributed by atoms with Crippen molar-refractivity contribution in [1.29, 1.82) is 0 Å². The third-order valence-electron chi connectivity index (χ3n) is 4.53. The lowest BCUT2D eigenvalue weighted by molar-refractivity contribution is 0.405. The van der Waals surface area contributed by atoms with Crippen molar-refractivity contribution in [3.8, 4) is 23.0 Å². The zero-order chi connectivity index (χ0) is 22.3. The zero-order valence-electron chi connectivity index (χ0n) is 16.3. The molecule has 0 aliphatic rings. The van der Waals surface area contributed by atoms with Crippen molar-refractivity contribution in [3.63, 3.8) is 0 Å². The van der Waals surface area contributed by atoms with Gasteiger partial charge < -0.3 is 4.74 Å². The quantitative estimate of drug-likeness (QED) is 0.403. The lowest BCUT2D eigenvalue weighted by atomic mass is 10.1. The van der Waals surface area contributed by atoms with Crippen LogP contribution in [-0.4, -0.2) is 33.9 Å². The molecule has 2 heterocycles. The number of fused-ring (bicyclic) bond motifs is 1. The van der Waals surface area contributed by atoms with Crippen LogP contribution in [-0.2, 0) is 16.9 Å². The number of hydrogen-bond acceptors (Lipinski definition) is 6. The van der Waals surface area contributed by atoms with E-state index in [1.165, 1.54) is 11.6 Å². The molecule has 0 bridgehead atoms. The summed E-state index contributed by atoms with van der Waals surface area (Å²) in [6, 6.07) is 9.11. The van der Waals surface area contributed by atoms with E-state index in [9.17, 15) is 17.2 Å². The number of aryl methyl sites for hydroxylation is 1. The second-order valence-electron chi connectivity index (χ2n) is 6.54. The molecule has 0 amide bonds. The van der Waals surface area contributed by atoms with Gasteiger partial charge in [0, 0.05) is 18.7 Å². The van der Waals surface area contributed by atoms with Crippen LogP contribution < -0.4 is 4.74 Å². The topological polar surface area (TPSA) is 87.0 Å². The van der Waals surface area contributed by atoms with Crippen molar-refractivity contribution in [2.75, 3.05) is 5.75 Å². The van der Waals surface area contributed by atoms with Crippen LogP contribution in [0.15, 0.2) is 47.5 Å². The molecule has 160 valence electrons. The van der Waals surface area contributed by atoms with E-state index >= 15 is 0 Å². The number of ether oxygens (including phenoxy) is 1. The molecule has 4 aromatic rings. The van der Waals surface area contributed by atoms with Crippen molar-refractivity contribution < 1.29 is 21.9 Å². The molecule has 2 aromatic heterocycles. The van der Waals surface area contributed by atoms with E-state index in [0.29, 0.717) is 16.7 Å². The summed E-state index contributed by atoms with van der Waals surface area (Å²) in [4.78, 5) is 8.27. The highest BCUT2D eigenvalue weighted by Gasteiger charge is 2.27. The minimum Gasteiger partial charge on any atom is -0.421 e. The predicted molar refractivity (Wildman–Crippen MR) is 111 cm³/mol. The van der Waals surface area contributed by atoms with E-state index in [1.807, 2.05) is 0 Å². The Morgan fingerprint density at radius 1 is 1.13 bits per heavy atom. The average Bonchev–Trinajstić information content (AvgIpc) is 3.06. The Bertz CT molecular complexity index is 1420. The molecular formula is C20H15ClF2N4O3S. The summed E-state index contributed by atoms with van der Waals surface area (Å²) < 4.78 is 59.7. The van der Waals surface area contributed by atoms with Gasteiger partial charge in [0.1, 0.15) is 11.5 Å². The van der Waals surface area contributed by atoms with Gasteiger partial charge in [-0.05, 0) is 18.2 Å². The van der Waals surface area contributed by atoms with Gasteiger partial charge >= 0.3 is 6.01 Å². The lowest BCUT2D eigenvalue weighted by Crippen LogP contribution is -2.09. The van der Waals surface area contributed by atoms with Gasteiger partial charge in [-0.1, -0.05) is 36.7 Å². The fraction of sp³-hybridized carbons (Fsp3) is 0.150. The molecule has 2 aromatic carbocycles. The maximum atomic E-state index is 14.0. The second-order valence-corrected chi connectivity index (χ2v) is 9.14. The first-order valence-electron chi connectivity index (χ1n) is 9.06. The van der Waals surface area contributed by atoms with Gasteiger partial charge in [0.15, 0.2) is 32.1 Å². The first kappa shape index (κ1) is 21.1. The van der Waals surface area contributed by atoms with Crippen molar-refractivity contribution >= 4 is 32.5 Å². The van der Waals surface area contributed by atoms with Crippen LogP contribution in [0.5, 0.6) is 11.8 Å². The summed E-state index contributed by atoms with van der Waals surface area (Å²) in [6.07, 6.45) is 0. The summed E-state index contributed by atoms with van der Waals surface area (Å²) >= 11 is 6.30. The number of halogens is 3. The Morgan fingerprint density at radius 3 is 2.55 bits per heavy atom. The van der Waals surface area contributed by atoms with Crippen LogP contribution in [0.25, 0.3) is 22.3 Å². The molecule has 0 atom stereocenters. The van der Waals surface area contributed by atoms with Gasteiger partial charge in [-0.3, -0.25) is 0 Å². The van der Waals surface area contributed by atoms with Crippen LogP contribution >= 0.6 is 11.6 Å². The normalized spacial score (nSPS) is 11.8. The summed E-state index contributed by atoms with van der Waals surface area (Å²) in [6.45, 7) is 1.47. The summed E-state index contributed by atoms with van der Waals surface area (Å²) in [7, 11) is -2.30. The Labute approximate surface area is 181 Å². The molecule has 0 aliphatic heterocycles. The monoisotopic (exact) mass is 464 g/mol.